The number of aromatic amines is 1. The van der Waals surface area contributed by atoms with Crippen LogP contribution in [0.4, 0.5) is 63.2 Å². The van der Waals surface area contributed by atoms with Gasteiger partial charge in [0.1, 0.15) is 82.9 Å². The zero-order valence-corrected chi connectivity index (χ0v) is 93.0. The van der Waals surface area contributed by atoms with Crippen LogP contribution in [-0.4, -0.2) is 294 Å². The molecule has 10 aliphatic heterocycles. The number of carbonyl (C=O) groups excluding carboxylic acids is 4. The second-order valence-electron chi connectivity index (χ2n) is 41.7. The maximum absolute atomic E-state index is 13.9. The highest BCUT2D eigenvalue weighted by Crippen LogP contribution is 2.41. The number of ketones is 3. The normalized spacial score (nSPS) is 20.6. The van der Waals surface area contributed by atoms with E-state index in [1.165, 1.54) is 64.2 Å². The average molecular weight is 2210 g/mol. The number of allylic oxidation sites excluding steroid dienone is 2. The minimum Gasteiger partial charge on any atom is -0.378 e. The van der Waals surface area contributed by atoms with Crippen molar-refractivity contribution < 1.29 is 42.9 Å². The Bertz CT molecular complexity index is 6470. The predicted molar refractivity (Wildman–Crippen MR) is 591 cm³/mol. The molecule has 6 N–H and O–H groups in total. The quantitative estimate of drug-likeness (QED) is 0.0176. The molecule has 0 saturated carbocycles. The van der Waals surface area contributed by atoms with Crippen LogP contribution in [0.3, 0.4) is 0 Å². The second kappa shape index (κ2) is 50.8. The van der Waals surface area contributed by atoms with Gasteiger partial charge in [-0.1, -0.05) is 106 Å². The van der Waals surface area contributed by atoms with E-state index in [0.29, 0.717) is 148 Å². The largest absolute Gasteiger partial charge is 0.378 e. The molecule has 9 aromatic rings. The Labute approximate surface area is 893 Å². The molecule has 0 radical (unpaired) electrons. The Hall–Kier alpha value is -10.9. The van der Waals surface area contributed by atoms with E-state index in [9.17, 15) is 33.6 Å². The molecule has 0 bridgehead atoms. The van der Waals surface area contributed by atoms with Crippen molar-refractivity contribution in [1.82, 2.24) is 85.0 Å². The first kappa shape index (κ1) is 111. The molecule has 45 heteroatoms. The molecule has 9 aromatic heterocycles. The third-order valence-electron chi connectivity index (χ3n) is 27.2. The summed E-state index contributed by atoms with van der Waals surface area (Å²) in [6.07, 6.45) is 18.4. The number of amides is 1. The standard InChI is InChI=1S/C36H43N9O3.C21H32ClN5O2Si.C18H22ClN5O2.C15H18ClN5O.C10H16BrClN2O2Si.C3H4O2/c1-5-26-27(8-9-37-33(26)45-13-12-44-30(35(45)47)14-23-16-36(3,4)17-31(23)44)28-15-29(34(46)41-40-28)39-32-7-6-24(18-38-32)43-11-10-42(19-22(43)2)25-20-48-21-25;1-16-7-5-6-10-26(16)17-8-9-20(23-14-17)24-18-13-19(22)25-27(21(18)28)15-29-11-12-30(2,3)4;1-12-9-23(14-10-26-11-14)4-5-24(12)13-2-3-18(21-7-13)22-15-6-17(19)20-8-16(15)25;1-10-7-17-4-5-21(10)11-2-3-15(19-8-11)20-12-6-14(16)18-9-13(12)22;1-17(2,3)5-4-16-7-14-10(15)8(11)6-9(12)13-14;4-3-1-5-2-3/h6-9,14-15,18,22,25H,5,10-13,16-17,19-21H2,1-4H3,(H,41,46)(H,38,39,40);8-9,13-14,16H,5-7,10-12,15H2,1-4H3,(H,23,24);2-3,6-7,12,14,20H,4-5,8-11H2,1H3;2-3,6,8,10,17-18H,4-5,7,9H2,1H3;6H,4-5,7H2,1-3H3;1-2H2/t22-;16-;12-;10-;;/m0000../s1. The highest BCUT2D eigenvalue weighted by molar-refractivity contribution is 9.10. The number of piperidine rings is 1. The Morgan fingerprint density at radius 3 is 1.56 bits per heavy atom. The van der Waals surface area contributed by atoms with Gasteiger partial charge in [0.15, 0.2) is 39.3 Å². The monoisotopic (exact) mass is 2200 g/mol. The number of fused-ring (bicyclic) bond motifs is 3. The third-order valence-corrected chi connectivity index (χ3v) is 32.1. The summed E-state index contributed by atoms with van der Waals surface area (Å²) in [4.78, 5) is 132. The fourth-order valence-electron chi connectivity index (χ4n) is 18.7. The number of nitrogens with zero attached hydrogens (tertiary/aromatic N) is 20. The van der Waals surface area contributed by atoms with E-state index in [0.717, 1.165) is 163 Å². The predicted octanol–water partition coefficient (Wildman–Crippen LogP) is 13.8. The van der Waals surface area contributed by atoms with Gasteiger partial charge in [-0.3, -0.25) is 48.3 Å². The molecule has 0 unspecified atom stereocenters. The van der Waals surface area contributed by atoms with E-state index in [4.69, 9.17) is 70.3 Å². The summed E-state index contributed by atoms with van der Waals surface area (Å²) >= 11 is 26.8. The number of rotatable bonds is 25. The smallest absolute Gasteiger partial charge is 0.292 e. The Morgan fingerprint density at radius 2 is 1.08 bits per heavy atom. The second-order valence-corrected chi connectivity index (χ2v) is 55.4. The number of nitrogens with one attached hydrogen (secondary N) is 6. The summed E-state index contributed by atoms with van der Waals surface area (Å²) in [6.45, 7) is 46.3. The Kier molecular flexibility index (Phi) is 38.2. The van der Waals surface area contributed by atoms with Gasteiger partial charge in [-0.2, -0.15) is 15.3 Å². The molecule has 38 nitrogen and oxygen atoms in total. The van der Waals surface area contributed by atoms with Gasteiger partial charge in [-0.05, 0) is 178 Å². The molecule has 4 atom stereocenters. The molecule has 19 heterocycles. The van der Waals surface area contributed by atoms with Crippen LogP contribution >= 0.6 is 62.3 Å². The highest BCUT2D eigenvalue weighted by Gasteiger charge is 2.40. The first-order valence-corrected chi connectivity index (χ1v) is 60.4. The zero-order valence-electron chi connectivity index (χ0n) is 86.4. The van der Waals surface area contributed by atoms with Gasteiger partial charge < -0.3 is 74.4 Å². The minimum atomic E-state index is -1.19. The maximum atomic E-state index is 13.9. The van der Waals surface area contributed by atoms with Crippen LogP contribution in [0.2, 0.25) is 61.7 Å². The van der Waals surface area contributed by atoms with Crippen LogP contribution in [0.15, 0.2) is 161 Å². The molecular formula is C103H135BrCl4N26O12Si2. The minimum absolute atomic E-state index is 0.0247. The number of Topliss-reactive ketones (excluding diaryl/α,β-unsaturated/α-hetero) is 3. The van der Waals surface area contributed by atoms with Crippen molar-refractivity contribution in [1.29, 1.82) is 0 Å². The first-order valence-electron chi connectivity index (χ1n) is 50.7. The summed E-state index contributed by atoms with van der Waals surface area (Å²) in [7, 11) is -2.29. The van der Waals surface area contributed by atoms with Gasteiger partial charge in [-0.25, -0.2) is 49.4 Å². The number of aliphatic imine (C=N–C) groups is 2. The molecule has 792 valence electrons. The van der Waals surface area contributed by atoms with Crippen molar-refractivity contribution in [3.8, 4) is 11.3 Å². The summed E-state index contributed by atoms with van der Waals surface area (Å²) < 4.78 is 31.4. The summed E-state index contributed by atoms with van der Waals surface area (Å²) in [5.74, 6) is 2.83. The van der Waals surface area contributed by atoms with Crippen molar-refractivity contribution in [2.24, 2.45) is 15.4 Å². The maximum Gasteiger partial charge on any atom is 0.292 e. The van der Waals surface area contributed by atoms with E-state index in [1.54, 1.807) is 23.4 Å². The van der Waals surface area contributed by atoms with Crippen LogP contribution < -0.4 is 67.8 Å². The van der Waals surface area contributed by atoms with E-state index >= 15 is 0 Å². The van der Waals surface area contributed by atoms with Crippen LogP contribution in [0.5, 0.6) is 0 Å². The van der Waals surface area contributed by atoms with Crippen LogP contribution in [0, 0.1) is 5.41 Å². The summed E-state index contributed by atoms with van der Waals surface area (Å²) in [5, 5.41) is 31.6. The number of hydrogen-bond donors (Lipinski definition) is 6. The van der Waals surface area contributed by atoms with Crippen molar-refractivity contribution in [2.45, 2.75) is 195 Å². The SMILES string of the molecule is CCc1c(-c2cc(Nc3ccc(N4CCN(C5COC5)C[C@@H]4C)cn3)c(=O)[nH]n2)ccnc1N1CCn2c(cc3c2CC(C)(C)C3)C1=O.C[C@H]1CCCCN1c1ccc(Nc2cc(Cl)nn(COCC[Si](C)(C)C)c2=O)nc1.C[C@H]1CN(C2COC2)CCN1c1ccc(N=C2C=C(Cl)NCC2=O)nc1.C[C@H]1CNCCN1c1ccc(N=C2C=C(Cl)NCC2=O)nc1.C[Si](C)(C)CCOCn1nc(Cl)cc(Br)c1=O.O=C1COC1. The van der Waals surface area contributed by atoms with Gasteiger partial charge >= 0.3 is 0 Å². The van der Waals surface area contributed by atoms with Crippen molar-refractivity contribution in [3.63, 3.8) is 0 Å². The number of pyridine rings is 5. The number of ether oxygens (including phenoxy) is 5. The molecule has 11 aliphatic rings. The topological polar surface area (TPSA) is 407 Å². The Balaban J connectivity index is 0.000000143. The molecule has 7 saturated heterocycles. The number of carbonyl (C=O) groups is 4. The number of halogens is 5. The number of aromatic nitrogens is 12. The lowest BCUT2D eigenvalue weighted by Gasteiger charge is -2.46. The molecular weight excluding hydrogens is 2070 g/mol. The third kappa shape index (κ3) is 29.9. The van der Waals surface area contributed by atoms with E-state index in [-0.39, 0.29) is 82.2 Å². The van der Waals surface area contributed by atoms with E-state index in [2.05, 4.69) is 231 Å². The van der Waals surface area contributed by atoms with Crippen molar-refractivity contribution >= 4 is 176 Å². The fraction of sp³-hybridized carbons (Fsp3) is 0.505. The highest BCUT2D eigenvalue weighted by atomic mass is 79.9. The molecule has 148 heavy (non-hydrogen) atoms. The fourth-order valence-corrected chi connectivity index (χ4v) is 21.5. The van der Waals surface area contributed by atoms with Gasteiger partial charge in [0, 0.05) is 173 Å². The van der Waals surface area contributed by atoms with Crippen LogP contribution in [0.1, 0.15) is 95.0 Å². The molecule has 1 amide bonds. The van der Waals surface area contributed by atoms with Crippen molar-refractivity contribution in [2.75, 3.05) is 173 Å². The number of hydrogen-bond acceptors (Lipinski definition) is 33. The number of piperazine rings is 3. The molecule has 20 rings (SSSR count). The molecule has 1 aliphatic carbocycles. The first-order chi connectivity index (χ1) is 70.8. The van der Waals surface area contributed by atoms with Crippen molar-refractivity contribution in [3.05, 3.63) is 201 Å². The van der Waals surface area contributed by atoms with Gasteiger partial charge in [0.25, 0.3) is 22.6 Å². The Morgan fingerprint density at radius 1 is 0.561 bits per heavy atom. The lowest BCUT2D eigenvalue weighted by atomic mass is 9.90. The van der Waals surface area contributed by atoms with Gasteiger partial charge in [0.2, 0.25) is 0 Å². The van der Waals surface area contributed by atoms with Crippen LogP contribution in [0.25, 0.3) is 11.3 Å². The van der Waals surface area contributed by atoms with Gasteiger partial charge in [0.05, 0.1) is 109 Å². The lowest BCUT2D eigenvalue weighted by molar-refractivity contribution is -0.140. The summed E-state index contributed by atoms with van der Waals surface area (Å²) in [5.41, 5.74) is 10.7. The lowest BCUT2D eigenvalue weighted by Crippen LogP contribution is -2.59. The number of anilines is 9. The van der Waals surface area contributed by atoms with E-state index in [1.807, 2.05) is 67.1 Å². The zero-order chi connectivity index (χ0) is 105. The molecule has 0 spiro atoms. The van der Waals surface area contributed by atoms with Crippen LogP contribution in [-0.2, 0) is 77.3 Å². The summed E-state index contributed by atoms with van der Waals surface area (Å²) in [6, 6.07) is 29.2. The molecule has 7 fully saturated rings. The molecule has 0 aromatic carbocycles. The average Bonchev–Trinajstić information content (AvgIpc) is 1.59. The van der Waals surface area contributed by atoms with E-state index < -0.39 is 16.1 Å². The van der Waals surface area contributed by atoms with Gasteiger partial charge in [-0.15, -0.1) is 0 Å². The number of H-pyrrole nitrogens is 1.